The Morgan fingerprint density at radius 1 is 1.16 bits per heavy atom. The van der Waals surface area contributed by atoms with Crippen molar-refractivity contribution in [2.45, 2.75) is 6.54 Å². The molecule has 0 spiro atoms. The van der Waals surface area contributed by atoms with Crippen LogP contribution in [0.1, 0.15) is 16.1 Å². The van der Waals surface area contributed by atoms with Crippen LogP contribution < -0.4 is 10.1 Å². The smallest absolute Gasteiger partial charge is 0.272 e. The van der Waals surface area contributed by atoms with E-state index in [1.54, 1.807) is 37.0 Å². The zero-order valence-electron chi connectivity index (χ0n) is 14.0. The number of methoxy groups -OCH3 is 1. The zero-order chi connectivity index (χ0) is 17.8. The van der Waals surface area contributed by atoms with Crippen molar-refractivity contribution >= 4 is 5.91 Å². The summed E-state index contributed by atoms with van der Waals surface area (Å²) in [6, 6.07) is 15.3. The number of carbonyl (C=O) groups excluding carboxylic acids is 1. The van der Waals surface area contributed by atoms with Crippen molar-refractivity contribution in [3.05, 3.63) is 71.7 Å². The lowest BCUT2D eigenvalue weighted by Gasteiger charge is -2.03. The topological polar surface area (TPSA) is 56.1 Å². The summed E-state index contributed by atoms with van der Waals surface area (Å²) in [6.07, 6.45) is 0. The fourth-order valence-electron chi connectivity index (χ4n) is 2.49. The number of ether oxygens (including phenoxy) is 1. The Hall–Kier alpha value is -3.15. The molecule has 0 saturated carbocycles. The molecular weight excluding hydrogens is 321 g/mol. The summed E-state index contributed by atoms with van der Waals surface area (Å²) in [5.74, 6) is 0.187. The van der Waals surface area contributed by atoms with E-state index in [1.807, 2.05) is 24.3 Å². The summed E-state index contributed by atoms with van der Waals surface area (Å²) < 4.78 is 19.7. The molecule has 128 valence electrons. The van der Waals surface area contributed by atoms with Gasteiger partial charge in [0.05, 0.1) is 12.8 Å². The number of carbonyl (C=O) groups is 1. The normalized spacial score (nSPS) is 10.5. The van der Waals surface area contributed by atoms with Crippen LogP contribution in [-0.2, 0) is 13.6 Å². The van der Waals surface area contributed by atoms with Crippen molar-refractivity contribution in [1.29, 1.82) is 0 Å². The maximum absolute atomic E-state index is 12.9. The van der Waals surface area contributed by atoms with Crippen LogP contribution in [0.25, 0.3) is 11.3 Å². The van der Waals surface area contributed by atoms with Crippen LogP contribution in [0.5, 0.6) is 5.75 Å². The Morgan fingerprint density at radius 2 is 1.84 bits per heavy atom. The van der Waals surface area contributed by atoms with Gasteiger partial charge < -0.3 is 10.1 Å². The third-order valence-corrected chi connectivity index (χ3v) is 3.86. The second kappa shape index (κ2) is 7.17. The number of benzene rings is 2. The maximum Gasteiger partial charge on any atom is 0.272 e. The van der Waals surface area contributed by atoms with Gasteiger partial charge in [-0.05, 0) is 48.0 Å². The number of hydrogen-bond donors (Lipinski definition) is 1. The Labute approximate surface area is 145 Å². The molecular formula is C19H18FN3O2. The van der Waals surface area contributed by atoms with Gasteiger partial charge in [-0.25, -0.2) is 4.39 Å². The summed E-state index contributed by atoms with van der Waals surface area (Å²) in [5, 5.41) is 7.06. The van der Waals surface area contributed by atoms with Crippen LogP contribution in [0.3, 0.4) is 0 Å². The molecule has 0 fully saturated rings. The Morgan fingerprint density at radius 3 is 2.48 bits per heavy atom. The number of amides is 1. The van der Waals surface area contributed by atoms with E-state index in [1.165, 1.54) is 12.1 Å². The molecule has 3 rings (SSSR count). The van der Waals surface area contributed by atoms with Crippen molar-refractivity contribution < 1.29 is 13.9 Å². The van der Waals surface area contributed by atoms with Crippen molar-refractivity contribution in [2.75, 3.05) is 7.11 Å². The quantitative estimate of drug-likeness (QED) is 0.777. The van der Waals surface area contributed by atoms with Gasteiger partial charge in [0.15, 0.2) is 5.69 Å². The number of hydrogen-bond acceptors (Lipinski definition) is 3. The van der Waals surface area contributed by atoms with Gasteiger partial charge in [-0.3, -0.25) is 9.48 Å². The molecule has 0 atom stereocenters. The molecule has 6 heteroatoms. The highest BCUT2D eigenvalue weighted by Crippen LogP contribution is 2.22. The predicted octanol–water partition coefficient (Wildman–Crippen LogP) is 3.16. The first-order valence-corrected chi connectivity index (χ1v) is 7.78. The third kappa shape index (κ3) is 3.85. The molecule has 25 heavy (non-hydrogen) atoms. The fourth-order valence-corrected chi connectivity index (χ4v) is 2.49. The van der Waals surface area contributed by atoms with Gasteiger partial charge in [-0.15, -0.1) is 0 Å². The van der Waals surface area contributed by atoms with E-state index >= 15 is 0 Å². The number of nitrogens with zero attached hydrogens (tertiary/aromatic N) is 2. The van der Waals surface area contributed by atoms with Crippen molar-refractivity contribution in [1.82, 2.24) is 15.1 Å². The molecule has 3 aromatic rings. The largest absolute Gasteiger partial charge is 0.497 e. The standard InChI is InChI=1S/C19H18FN3O2/c1-23-18(14-5-9-16(25-2)10-6-14)11-17(22-23)19(24)21-12-13-3-7-15(20)8-4-13/h3-11H,12H2,1-2H3,(H,21,24). The van der Waals surface area contributed by atoms with Crippen LogP contribution >= 0.6 is 0 Å². The highest BCUT2D eigenvalue weighted by atomic mass is 19.1. The van der Waals surface area contributed by atoms with Crippen molar-refractivity contribution in [2.24, 2.45) is 7.05 Å². The van der Waals surface area contributed by atoms with Crippen LogP contribution in [0, 0.1) is 5.82 Å². The molecule has 0 aliphatic heterocycles. The van der Waals surface area contributed by atoms with Gasteiger partial charge in [0.1, 0.15) is 11.6 Å². The zero-order valence-corrected chi connectivity index (χ0v) is 14.0. The van der Waals surface area contributed by atoms with E-state index in [-0.39, 0.29) is 11.7 Å². The minimum atomic E-state index is -0.302. The average molecular weight is 339 g/mol. The second-order valence-electron chi connectivity index (χ2n) is 5.58. The minimum Gasteiger partial charge on any atom is -0.497 e. The Bertz CT molecular complexity index is 871. The maximum atomic E-state index is 12.9. The lowest BCUT2D eigenvalue weighted by atomic mass is 10.1. The monoisotopic (exact) mass is 339 g/mol. The summed E-state index contributed by atoms with van der Waals surface area (Å²) >= 11 is 0. The molecule has 1 N–H and O–H groups in total. The molecule has 0 aliphatic rings. The van der Waals surface area contributed by atoms with Gasteiger partial charge in [0, 0.05) is 19.2 Å². The summed E-state index contributed by atoms with van der Waals surface area (Å²) in [6.45, 7) is 0.313. The Balaban J connectivity index is 1.72. The van der Waals surface area contributed by atoms with Gasteiger partial charge in [-0.2, -0.15) is 5.10 Å². The van der Waals surface area contributed by atoms with Gasteiger partial charge >= 0.3 is 0 Å². The van der Waals surface area contributed by atoms with E-state index in [9.17, 15) is 9.18 Å². The molecule has 0 bridgehead atoms. The van der Waals surface area contributed by atoms with Crippen LogP contribution in [0.4, 0.5) is 4.39 Å². The first-order valence-electron chi connectivity index (χ1n) is 7.78. The van der Waals surface area contributed by atoms with Gasteiger partial charge in [0.25, 0.3) is 5.91 Å². The van der Waals surface area contributed by atoms with Crippen molar-refractivity contribution in [3.8, 4) is 17.0 Å². The number of aryl methyl sites for hydroxylation is 1. The lowest BCUT2D eigenvalue weighted by Crippen LogP contribution is -2.23. The molecule has 0 aliphatic carbocycles. The predicted molar refractivity (Wildman–Crippen MR) is 92.8 cm³/mol. The lowest BCUT2D eigenvalue weighted by molar-refractivity contribution is 0.0945. The molecule has 5 nitrogen and oxygen atoms in total. The molecule has 1 heterocycles. The van der Waals surface area contributed by atoms with Crippen molar-refractivity contribution in [3.63, 3.8) is 0 Å². The number of rotatable bonds is 5. The number of nitrogens with one attached hydrogen (secondary N) is 1. The van der Waals surface area contributed by atoms with Crippen LogP contribution in [0.2, 0.25) is 0 Å². The third-order valence-electron chi connectivity index (χ3n) is 3.86. The minimum absolute atomic E-state index is 0.278. The van der Waals surface area contributed by atoms with E-state index in [2.05, 4.69) is 10.4 Å². The van der Waals surface area contributed by atoms with Crippen LogP contribution in [-0.4, -0.2) is 22.8 Å². The summed E-state index contributed by atoms with van der Waals surface area (Å²) in [7, 11) is 3.40. The van der Waals surface area contributed by atoms with E-state index < -0.39 is 0 Å². The van der Waals surface area contributed by atoms with E-state index in [0.717, 1.165) is 22.6 Å². The van der Waals surface area contributed by atoms with E-state index in [4.69, 9.17) is 4.74 Å². The Kier molecular flexibility index (Phi) is 4.79. The first-order chi connectivity index (χ1) is 12.1. The number of halogens is 1. The van der Waals surface area contributed by atoms with Gasteiger partial charge in [-0.1, -0.05) is 12.1 Å². The van der Waals surface area contributed by atoms with Crippen LogP contribution in [0.15, 0.2) is 54.6 Å². The number of aromatic nitrogens is 2. The van der Waals surface area contributed by atoms with Gasteiger partial charge in [0.2, 0.25) is 0 Å². The molecule has 1 aromatic heterocycles. The molecule has 1 amide bonds. The average Bonchev–Trinajstić information content (AvgIpc) is 3.03. The SMILES string of the molecule is COc1ccc(-c2cc(C(=O)NCc3ccc(F)cc3)nn2C)cc1. The fraction of sp³-hybridized carbons (Fsp3) is 0.158. The molecule has 0 saturated heterocycles. The molecule has 0 unspecified atom stereocenters. The summed E-state index contributed by atoms with van der Waals surface area (Å²) in [5.41, 5.74) is 2.92. The highest BCUT2D eigenvalue weighted by Gasteiger charge is 2.14. The molecule has 0 radical (unpaired) electrons. The highest BCUT2D eigenvalue weighted by molar-refractivity contribution is 5.93. The first kappa shape index (κ1) is 16.7. The summed E-state index contributed by atoms with van der Waals surface area (Å²) in [4.78, 5) is 12.3. The second-order valence-corrected chi connectivity index (χ2v) is 5.58. The van der Waals surface area contributed by atoms with E-state index in [0.29, 0.717) is 12.2 Å². The molecule has 2 aromatic carbocycles.